The molecule has 4 atom stereocenters. The first-order chi connectivity index (χ1) is 36.4. The molecule has 3 N–H and O–H groups in total. The van der Waals surface area contributed by atoms with Crippen molar-refractivity contribution in [2.24, 2.45) is 7.05 Å². The van der Waals surface area contributed by atoms with Crippen molar-refractivity contribution < 1.29 is 33.0 Å². The number of imide groups is 1. The maximum absolute atomic E-state index is 16.1. The molecule has 1 aliphatic carbocycles. The first-order valence-electron chi connectivity index (χ1n) is 26.5. The van der Waals surface area contributed by atoms with Crippen LogP contribution in [-0.2, 0) is 34.5 Å². The van der Waals surface area contributed by atoms with Gasteiger partial charge in [-0.2, -0.15) is 15.1 Å². The molecule has 19 heteroatoms. The summed E-state index contributed by atoms with van der Waals surface area (Å²) in [5.74, 6) is 0.417. The molecule has 2 bridgehead atoms. The van der Waals surface area contributed by atoms with E-state index in [1.54, 1.807) is 17.8 Å². The van der Waals surface area contributed by atoms with Gasteiger partial charge in [-0.3, -0.25) is 38.8 Å². The van der Waals surface area contributed by atoms with Gasteiger partial charge in [-0.15, -0.1) is 0 Å². The lowest BCUT2D eigenvalue weighted by Gasteiger charge is -2.40. The minimum Gasteiger partial charge on any atom is -0.486 e. The monoisotopic (exact) mass is 1020 g/mol. The van der Waals surface area contributed by atoms with Crippen molar-refractivity contribution in [3.05, 3.63) is 105 Å². The van der Waals surface area contributed by atoms with E-state index in [0.29, 0.717) is 84.4 Å². The lowest BCUT2D eigenvalue weighted by molar-refractivity contribution is -0.135. The van der Waals surface area contributed by atoms with E-state index in [1.807, 2.05) is 54.3 Å². The summed E-state index contributed by atoms with van der Waals surface area (Å²) in [5, 5.41) is 15.1. The number of ether oxygens (including phenoxy) is 3. The number of carbonyl (C=O) groups is 3. The Balaban J connectivity index is 0.777. The second kappa shape index (κ2) is 18.9. The number of aromatic nitrogens is 6. The molecule has 75 heavy (non-hydrogen) atoms. The Morgan fingerprint density at radius 2 is 1.72 bits per heavy atom. The van der Waals surface area contributed by atoms with Crippen LogP contribution in [0.2, 0.25) is 0 Å². The lowest BCUT2D eigenvalue weighted by atomic mass is 9.88. The fourth-order valence-electron chi connectivity index (χ4n) is 12.4. The van der Waals surface area contributed by atoms with Crippen molar-refractivity contribution in [1.82, 2.24) is 49.7 Å². The number of hydrogen-bond donors (Lipinski definition) is 3. The molecule has 4 aromatic carbocycles. The Labute approximate surface area is 431 Å². The number of rotatable bonds is 12. The molecule has 6 aliphatic rings. The molecule has 13 rings (SSSR count). The molecule has 3 amide bonds. The van der Waals surface area contributed by atoms with Gasteiger partial charge in [0.1, 0.15) is 35.9 Å². The van der Waals surface area contributed by atoms with E-state index >= 15 is 4.39 Å². The molecular weight excluding hydrogens is 958 g/mol. The SMILES string of the molecule is Cc1c(F)cc2[nH]ncc2c1-c1c(C2CC2)cc2c(N3C[C@@H]4C[C@H]3CN4)nc(OC3CCOCC3)nc2c1OCc1ccc(C(=O)N2CCN(Cc3ccc4c(c3)n(C)c(=O)n4C3CCC(=O)NC3=O)C[C@@H]2C)cc1. The van der Waals surface area contributed by atoms with Crippen LogP contribution in [0.25, 0.3) is 44.0 Å². The highest BCUT2D eigenvalue weighted by molar-refractivity contribution is 6.06. The number of halogens is 1. The highest BCUT2D eigenvalue weighted by Gasteiger charge is 2.41. The summed E-state index contributed by atoms with van der Waals surface area (Å²) in [4.78, 5) is 69.2. The average Bonchev–Trinajstić information content (AvgIpc) is 3.65. The van der Waals surface area contributed by atoms with Gasteiger partial charge in [-0.05, 0) is 104 Å². The van der Waals surface area contributed by atoms with Crippen LogP contribution in [0.15, 0.2) is 65.6 Å². The van der Waals surface area contributed by atoms with Gasteiger partial charge >= 0.3 is 11.7 Å². The highest BCUT2D eigenvalue weighted by atomic mass is 19.1. The number of nitrogens with one attached hydrogen (secondary N) is 3. The Bertz CT molecular complexity index is 3510. The maximum Gasteiger partial charge on any atom is 0.329 e. The lowest BCUT2D eigenvalue weighted by Crippen LogP contribution is -2.53. The van der Waals surface area contributed by atoms with Crippen molar-refractivity contribution in [2.75, 3.05) is 50.8 Å². The van der Waals surface area contributed by atoms with Crippen molar-refractivity contribution in [1.29, 1.82) is 0 Å². The number of piperazine rings is 2. The summed E-state index contributed by atoms with van der Waals surface area (Å²) in [6.07, 6.45) is 6.59. The third-order valence-electron chi connectivity index (χ3n) is 16.6. The molecule has 8 heterocycles. The molecule has 1 unspecified atom stereocenters. The van der Waals surface area contributed by atoms with Crippen LogP contribution < -0.4 is 30.7 Å². The summed E-state index contributed by atoms with van der Waals surface area (Å²) in [7, 11) is 1.70. The van der Waals surface area contributed by atoms with Crippen molar-refractivity contribution in [2.45, 2.75) is 108 Å². The van der Waals surface area contributed by atoms with Crippen LogP contribution in [-0.4, -0.2) is 127 Å². The van der Waals surface area contributed by atoms with Gasteiger partial charge in [0.2, 0.25) is 11.8 Å². The normalized spacial score (nSPS) is 22.5. The highest BCUT2D eigenvalue weighted by Crippen LogP contribution is 2.53. The van der Waals surface area contributed by atoms with Crippen molar-refractivity contribution >= 4 is 56.4 Å². The molecular formula is C56H60FN11O7. The average molecular weight is 1020 g/mol. The largest absolute Gasteiger partial charge is 0.486 e. The van der Waals surface area contributed by atoms with Gasteiger partial charge in [0.05, 0.1) is 36.0 Å². The number of imidazole rings is 1. The van der Waals surface area contributed by atoms with Gasteiger partial charge in [0.25, 0.3) is 5.91 Å². The molecule has 6 fully saturated rings. The summed E-state index contributed by atoms with van der Waals surface area (Å²) in [5.41, 5.74) is 7.79. The number of hydrogen-bond acceptors (Lipinski definition) is 13. The maximum atomic E-state index is 16.1. The minimum absolute atomic E-state index is 0.0518. The van der Waals surface area contributed by atoms with Gasteiger partial charge in [0, 0.05) is 111 Å². The topological polar surface area (TPSA) is 194 Å². The fraction of sp³-hybridized carbons (Fsp3) is 0.446. The predicted molar refractivity (Wildman–Crippen MR) is 278 cm³/mol. The fourth-order valence-corrected chi connectivity index (χ4v) is 12.4. The number of anilines is 1. The van der Waals surface area contributed by atoms with Crippen LogP contribution in [0, 0.1) is 12.7 Å². The van der Waals surface area contributed by atoms with E-state index in [4.69, 9.17) is 24.2 Å². The molecule has 0 radical (unpaired) electrons. The Morgan fingerprint density at radius 3 is 2.47 bits per heavy atom. The molecule has 0 spiro atoms. The number of amides is 3. The Morgan fingerprint density at radius 1 is 0.907 bits per heavy atom. The van der Waals surface area contributed by atoms with E-state index in [2.05, 4.69) is 43.6 Å². The van der Waals surface area contributed by atoms with Crippen LogP contribution in [0.4, 0.5) is 10.2 Å². The van der Waals surface area contributed by atoms with Gasteiger partial charge < -0.3 is 29.3 Å². The van der Waals surface area contributed by atoms with Gasteiger partial charge in [-0.1, -0.05) is 18.2 Å². The van der Waals surface area contributed by atoms with Crippen LogP contribution >= 0.6 is 0 Å². The first-order valence-corrected chi connectivity index (χ1v) is 26.5. The number of benzene rings is 4. The van der Waals surface area contributed by atoms with Crippen LogP contribution in [0.5, 0.6) is 11.8 Å². The summed E-state index contributed by atoms with van der Waals surface area (Å²) in [6.45, 7) is 9.39. The molecule has 5 saturated heterocycles. The zero-order chi connectivity index (χ0) is 51.2. The van der Waals surface area contributed by atoms with Gasteiger partial charge in [0.15, 0.2) is 5.75 Å². The first kappa shape index (κ1) is 47.5. The molecule has 3 aromatic heterocycles. The van der Waals surface area contributed by atoms with Crippen LogP contribution in [0.3, 0.4) is 0 Å². The minimum atomic E-state index is -0.745. The van der Waals surface area contributed by atoms with E-state index in [1.165, 1.54) is 10.6 Å². The third-order valence-corrected chi connectivity index (χ3v) is 16.6. The van der Waals surface area contributed by atoms with E-state index in [-0.39, 0.29) is 72.9 Å². The van der Waals surface area contributed by atoms with Gasteiger partial charge in [-0.25, -0.2) is 9.18 Å². The Kier molecular flexibility index (Phi) is 11.9. The number of aromatic amines is 1. The molecule has 1 saturated carbocycles. The summed E-state index contributed by atoms with van der Waals surface area (Å²) in [6, 6.07) is 17.3. The number of aryl methyl sites for hydroxylation is 1. The Hall–Kier alpha value is -7.22. The predicted octanol–water partition coefficient (Wildman–Crippen LogP) is 6.16. The molecule has 5 aliphatic heterocycles. The smallest absolute Gasteiger partial charge is 0.329 e. The zero-order valence-corrected chi connectivity index (χ0v) is 42.4. The standard InChI is InChI=1S/C56H60FN11O7/c1-30-26-65(27-33-6-11-44-46(20-33)64(3)56(72)68(44)45-12-13-47(69)60-53(45)70)16-17-66(30)54(71)35-7-4-32(5-8-35)29-74-51-49(48-31(2)42(57)23-43-41(48)25-59-63-43)39(34-9-10-34)22-40-50(51)61-55(75-38-14-18-73-19-15-38)62-52(40)67-28-36-21-37(67)24-58-36/h4-8,11,20,22-23,25,30,34,36-38,45,58H,9-10,12-19,21,24,26-29H2,1-3H3,(H,59,63)(H,60,69,70)/t30-,36-,37-,45?/m0/s1. The van der Waals surface area contributed by atoms with Crippen molar-refractivity contribution in [3.8, 4) is 22.9 Å². The summed E-state index contributed by atoms with van der Waals surface area (Å²) < 4.78 is 38.6. The summed E-state index contributed by atoms with van der Waals surface area (Å²) >= 11 is 0. The second-order valence-electron chi connectivity index (χ2n) is 21.5. The number of H-pyrrole nitrogens is 1. The number of fused-ring (bicyclic) bond motifs is 5. The second-order valence-corrected chi connectivity index (χ2v) is 21.5. The molecule has 388 valence electrons. The van der Waals surface area contributed by atoms with Crippen molar-refractivity contribution in [3.63, 3.8) is 0 Å². The molecule has 7 aromatic rings. The number of nitrogens with zero attached hydrogens (tertiary/aromatic N) is 8. The number of carbonyl (C=O) groups excluding carboxylic acids is 3. The van der Waals surface area contributed by atoms with E-state index < -0.39 is 11.9 Å². The third kappa shape index (κ3) is 8.57. The zero-order valence-electron chi connectivity index (χ0n) is 42.4. The molecule has 18 nitrogen and oxygen atoms in total. The number of piperidine rings is 1. The van der Waals surface area contributed by atoms with Crippen LogP contribution in [0.1, 0.15) is 96.4 Å². The van der Waals surface area contributed by atoms with E-state index in [0.717, 1.165) is 89.6 Å². The van der Waals surface area contributed by atoms with E-state index in [9.17, 15) is 19.2 Å². The quantitative estimate of drug-likeness (QED) is 0.118.